The molecule has 1 aliphatic rings. The van der Waals surface area contributed by atoms with Gasteiger partial charge >= 0.3 is 0 Å². The highest BCUT2D eigenvalue weighted by Crippen LogP contribution is 2.14. The summed E-state index contributed by atoms with van der Waals surface area (Å²) in [5, 5.41) is 2.91. The lowest BCUT2D eigenvalue weighted by atomic mass is 10.1. The van der Waals surface area contributed by atoms with E-state index in [-0.39, 0.29) is 5.91 Å². The number of likely N-dealkylation sites (N-methyl/N-ethyl adjacent to an activating group) is 1. The van der Waals surface area contributed by atoms with E-state index in [1.807, 2.05) is 37.3 Å². The fourth-order valence-corrected chi connectivity index (χ4v) is 2.90. The van der Waals surface area contributed by atoms with Gasteiger partial charge in [-0.3, -0.25) is 9.69 Å². The van der Waals surface area contributed by atoms with Gasteiger partial charge < -0.3 is 14.6 Å². The lowest BCUT2D eigenvalue weighted by molar-refractivity contribution is -0.111. The fraction of sp³-hybridized carbons (Fsp3) is 0.350. The molecule has 2 aromatic rings. The van der Waals surface area contributed by atoms with Crippen molar-refractivity contribution >= 4 is 17.7 Å². The van der Waals surface area contributed by atoms with Crippen LogP contribution in [0.2, 0.25) is 0 Å². The van der Waals surface area contributed by atoms with E-state index in [1.165, 1.54) is 11.6 Å². The third-order valence-corrected chi connectivity index (χ3v) is 4.36. The molecule has 1 N–H and O–H groups in total. The molecule has 1 amide bonds. The number of anilines is 1. The third-order valence-electron chi connectivity index (χ3n) is 4.36. The van der Waals surface area contributed by atoms with Crippen molar-refractivity contribution < 1.29 is 9.21 Å². The van der Waals surface area contributed by atoms with E-state index in [0.29, 0.717) is 5.76 Å². The summed E-state index contributed by atoms with van der Waals surface area (Å²) in [5.74, 6) is 1.35. The number of benzene rings is 1. The van der Waals surface area contributed by atoms with Gasteiger partial charge in [-0.2, -0.15) is 0 Å². The molecule has 0 saturated carbocycles. The fourth-order valence-electron chi connectivity index (χ4n) is 2.90. The van der Waals surface area contributed by atoms with Gasteiger partial charge in [-0.15, -0.1) is 0 Å². The molecule has 1 saturated heterocycles. The Hall–Kier alpha value is -2.37. The molecule has 0 spiro atoms. The molecule has 0 unspecified atom stereocenters. The highest BCUT2D eigenvalue weighted by Gasteiger charge is 2.13. The molecule has 3 rings (SSSR count). The van der Waals surface area contributed by atoms with Crippen LogP contribution in [0, 0.1) is 6.92 Å². The van der Waals surface area contributed by atoms with Gasteiger partial charge in [0.05, 0.1) is 0 Å². The standard InChI is InChI=1S/C20H25N3O2/c1-16-6-7-19(25-16)8-9-20(24)21-18-5-3-4-17(14-18)15-23-12-10-22(2)11-13-23/h3-9,14H,10-13,15H2,1-2H3,(H,21,24). The summed E-state index contributed by atoms with van der Waals surface area (Å²) in [6, 6.07) is 11.8. The van der Waals surface area contributed by atoms with Crippen LogP contribution in [0.5, 0.6) is 0 Å². The molecule has 1 aliphatic heterocycles. The lowest BCUT2D eigenvalue weighted by Crippen LogP contribution is -2.43. The quantitative estimate of drug-likeness (QED) is 0.851. The van der Waals surface area contributed by atoms with Crippen LogP contribution in [-0.2, 0) is 11.3 Å². The summed E-state index contributed by atoms with van der Waals surface area (Å²) in [5.41, 5.74) is 2.03. The van der Waals surface area contributed by atoms with Crippen LogP contribution in [0.1, 0.15) is 17.1 Å². The van der Waals surface area contributed by atoms with Crippen molar-refractivity contribution in [2.75, 3.05) is 38.5 Å². The normalized spacial score (nSPS) is 16.4. The van der Waals surface area contributed by atoms with Crippen molar-refractivity contribution in [2.24, 2.45) is 0 Å². The third kappa shape index (κ3) is 5.31. The summed E-state index contributed by atoms with van der Waals surface area (Å²) in [6.07, 6.45) is 3.17. The Morgan fingerprint density at radius 2 is 2.00 bits per heavy atom. The van der Waals surface area contributed by atoms with Crippen LogP contribution in [0.3, 0.4) is 0 Å². The highest BCUT2D eigenvalue weighted by molar-refractivity contribution is 6.01. The Balaban J connectivity index is 1.55. The van der Waals surface area contributed by atoms with E-state index in [0.717, 1.165) is 44.2 Å². The van der Waals surface area contributed by atoms with Crippen molar-refractivity contribution in [1.29, 1.82) is 0 Å². The average Bonchev–Trinajstić information content (AvgIpc) is 3.01. The first-order valence-electron chi connectivity index (χ1n) is 8.64. The van der Waals surface area contributed by atoms with E-state index in [4.69, 9.17) is 4.42 Å². The van der Waals surface area contributed by atoms with E-state index in [1.54, 1.807) is 6.08 Å². The van der Waals surface area contributed by atoms with Gasteiger partial charge in [0.25, 0.3) is 0 Å². The number of carbonyl (C=O) groups excluding carboxylic acids is 1. The van der Waals surface area contributed by atoms with E-state index in [9.17, 15) is 4.79 Å². The lowest BCUT2D eigenvalue weighted by Gasteiger charge is -2.32. The summed E-state index contributed by atoms with van der Waals surface area (Å²) < 4.78 is 5.42. The minimum atomic E-state index is -0.161. The SMILES string of the molecule is Cc1ccc(C=CC(=O)Nc2cccc(CN3CCN(C)CC3)c2)o1. The zero-order valence-electron chi connectivity index (χ0n) is 14.9. The smallest absolute Gasteiger partial charge is 0.248 e. The van der Waals surface area contributed by atoms with E-state index < -0.39 is 0 Å². The van der Waals surface area contributed by atoms with Crippen molar-refractivity contribution in [1.82, 2.24) is 9.80 Å². The van der Waals surface area contributed by atoms with Crippen LogP contribution in [0.15, 0.2) is 46.9 Å². The number of carbonyl (C=O) groups is 1. The van der Waals surface area contributed by atoms with Gasteiger partial charge in [-0.25, -0.2) is 0 Å². The number of amides is 1. The second-order valence-electron chi connectivity index (χ2n) is 6.55. The monoisotopic (exact) mass is 339 g/mol. The van der Waals surface area contributed by atoms with Crippen molar-refractivity contribution in [3.05, 3.63) is 59.6 Å². The summed E-state index contributed by atoms with van der Waals surface area (Å²) >= 11 is 0. The Labute approximate surface area is 148 Å². The number of nitrogens with zero attached hydrogens (tertiary/aromatic N) is 2. The number of rotatable bonds is 5. The molecule has 1 aromatic carbocycles. The zero-order chi connectivity index (χ0) is 17.6. The molecule has 0 aliphatic carbocycles. The number of hydrogen-bond donors (Lipinski definition) is 1. The summed E-state index contributed by atoms with van der Waals surface area (Å²) in [6.45, 7) is 7.17. The first-order chi connectivity index (χ1) is 12.1. The molecule has 1 aromatic heterocycles. The van der Waals surface area contributed by atoms with Gasteiger partial charge in [0.2, 0.25) is 5.91 Å². The maximum absolute atomic E-state index is 12.1. The van der Waals surface area contributed by atoms with Crippen LogP contribution in [0.4, 0.5) is 5.69 Å². The van der Waals surface area contributed by atoms with Gasteiger partial charge in [-0.05, 0) is 49.9 Å². The number of furan rings is 1. The minimum absolute atomic E-state index is 0.161. The second kappa shape index (κ2) is 8.14. The highest BCUT2D eigenvalue weighted by atomic mass is 16.3. The van der Waals surface area contributed by atoms with Crippen LogP contribution < -0.4 is 5.32 Å². The van der Waals surface area contributed by atoms with Crippen LogP contribution >= 0.6 is 0 Å². The molecule has 1 fully saturated rings. The Morgan fingerprint density at radius 1 is 1.20 bits per heavy atom. The minimum Gasteiger partial charge on any atom is -0.462 e. The average molecular weight is 339 g/mol. The largest absolute Gasteiger partial charge is 0.462 e. The Bertz CT molecular complexity index is 743. The number of aryl methyl sites for hydroxylation is 1. The molecule has 132 valence electrons. The molecule has 5 heteroatoms. The maximum Gasteiger partial charge on any atom is 0.248 e. The maximum atomic E-state index is 12.1. The second-order valence-corrected chi connectivity index (χ2v) is 6.55. The van der Waals surface area contributed by atoms with Gasteiger partial charge in [0, 0.05) is 44.5 Å². The first-order valence-corrected chi connectivity index (χ1v) is 8.64. The molecule has 0 radical (unpaired) electrons. The molecule has 5 nitrogen and oxygen atoms in total. The molecule has 25 heavy (non-hydrogen) atoms. The van der Waals surface area contributed by atoms with Crippen LogP contribution in [-0.4, -0.2) is 48.9 Å². The molecular weight excluding hydrogens is 314 g/mol. The van der Waals surface area contributed by atoms with Gasteiger partial charge in [0.1, 0.15) is 11.5 Å². The summed E-state index contributed by atoms with van der Waals surface area (Å²) in [7, 11) is 2.16. The Kier molecular flexibility index (Phi) is 5.68. The number of hydrogen-bond acceptors (Lipinski definition) is 4. The first kappa shape index (κ1) is 17.5. The predicted octanol–water partition coefficient (Wildman–Crippen LogP) is 2.99. The topological polar surface area (TPSA) is 48.7 Å². The molecule has 0 bridgehead atoms. The van der Waals surface area contributed by atoms with E-state index in [2.05, 4.69) is 28.2 Å². The van der Waals surface area contributed by atoms with Crippen molar-refractivity contribution in [2.45, 2.75) is 13.5 Å². The van der Waals surface area contributed by atoms with Gasteiger partial charge in [-0.1, -0.05) is 12.1 Å². The molecule has 0 atom stereocenters. The van der Waals surface area contributed by atoms with Crippen LogP contribution in [0.25, 0.3) is 6.08 Å². The van der Waals surface area contributed by atoms with E-state index >= 15 is 0 Å². The molecule has 2 heterocycles. The van der Waals surface area contributed by atoms with Crippen molar-refractivity contribution in [3.8, 4) is 0 Å². The van der Waals surface area contributed by atoms with Crippen molar-refractivity contribution in [3.63, 3.8) is 0 Å². The number of nitrogens with one attached hydrogen (secondary N) is 1. The Morgan fingerprint density at radius 3 is 2.72 bits per heavy atom. The molecular formula is C20H25N3O2. The predicted molar refractivity (Wildman–Crippen MR) is 100 cm³/mol. The summed E-state index contributed by atoms with van der Waals surface area (Å²) in [4.78, 5) is 16.9. The number of piperazine rings is 1. The van der Waals surface area contributed by atoms with Gasteiger partial charge in [0.15, 0.2) is 0 Å². The zero-order valence-corrected chi connectivity index (χ0v) is 14.9.